The highest BCUT2D eigenvalue weighted by Crippen LogP contribution is 2.33. The van der Waals surface area contributed by atoms with Crippen LogP contribution >= 0.6 is 0 Å². The van der Waals surface area contributed by atoms with E-state index < -0.39 is 8.07 Å². The molecule has 2 rings (SSSR count). The summed E-state index contributed by atoms with van der Waals surface area (Å²) in [4.78, 5) is 0. The summed E-state index contributed by atoms with van der Waals surface area (Å²) in [5, 5.41) is 0. The number of benzene rings is 1. The second kappa shape index (κ2) is 3.85. The first kappa shape index (κ1) is 10.5. The molecule has 0 spiro atoms. The molecule has 1 nitrogen and oxygen atoms in total. The van der Waals surface area contributed by atoms with Gasteiger partial charge in [-0.2, -0.15) is 0 Å². The molecule has 1 aromatic carbocycles. The molecule has 80 valence electrons. The van der Waals surface area contributed by atoms with Gasteiger partial charge in [0.2, 0.25) is 0 Å². The highest BCUT2D eigenvalue weighted by molar-refractivity contribution is 6.81. The van der Waals surface area contributed by atoms with Crippen molar-refractivity contribution in [1.82, 2.24) is 0 Å². The van der Waals surface area contributed by atoms with Gasteiger partial charge in [-0.15, -0.1) is 0 Å². The first-order chi connectivity index (χ1) is 7.06. The summed E-state index contributed by atoms with van der Waals surface area (Å²) in [5.74, 6) is 1.05. The Bertz CT molecular complexity index is 388. The standard InChI is InChI=1S/C13H18OSi/c1-15(2,3)10-11-8-9-14-13-7-5-4-6-12(11)13/h4-7,10H,8-9H2,1-3H3/b11-10+. The third-order valence-electron chi connectivity index (χ3n) is 2.47. The Balaban J connectivity index is 2.42. The van der Waals surface area contributed by atoms with Crippen molar-refractivity contribution < 1.29 is 4.74 Å². The van der Waals surface area contributed by atoms with Crippen LogP contribution in [0.1, 0.15) is 12.0 Å². The molecule has 0 bridgehead atoms. The summed E-state index contributed by atoms with van der Waals surface area (Å²) in [7, 11) is -1.13. The van der Waals surface area contributed by atoms with Gasteiger partial charge in [-0.25, -0.2) is 0 Å². The first-order valence-electron chi connectivity index (χ1n) is 5.50. The van der Waals surface area contributed by atoms with Crippen LogP contribution in [0.3, 0.4) is 0 Å². The van der Waals surface area contributed by atoms with Crippen molar-refractivity contribution in [2.24, 2.45) is 0 Å². The Morgan fingerprint density at radius 1 is 1.20 bits per heavy atom. The zero-order valence-electron chi connectivity index (χ0n) is 9.71. The monoisotopic (exact) mass is 218 g/mol. The van der Waals surface area contributed by atoms with Crippen molar-refractivity contribution in [3.05, 3.63) is 35.5 Å². The van der Waals surface area contributed by atoms with E-state index in [0.717, 1.165) is 18.8 Å². The van der Waals surface area contributed by atoms with E-state index in [1.165, 1.54) is 11.1 Å². The van der Waals surface area contributed by atoms with E-state index in [-0.39, 0.29) is 0 Å². The maximum absolute atomic E-state index is 5.64. The van der Waals surface area contributed by atoms with Crippen LogP contribution in [0.15, 0.2) is 30.0 Å². The normalized spacial score (nSPS) is 18.5. The van der Waals surface area contributed by atoms with E-state index >= 15 is 0 Å². The van der Waals surface area contributed by atoms with Crippen molar-refractivity contribution in [1.29, 1.82) is 0 Å². The molecule has 0 radical (unpaired) electrons. The highest BCUT2D eigenvalue weighted by Gasteiger charge is 2.18. The molecule has 1 aliphatic rings. The minimum absolute atomic E-state index is 0.827. The third kappa shape index (κ3) is 2.51. The average molecular weight is 218 g/mol. The minimum Gasteiger partial charge on any atom is -0.493 e. The summed E-state index contributed by atoms with van der Waals surface area (Å²) in [6, 6.07) is 8.36. The van der Waals surface area contributed by atoms with E-state index in [0.29, 0.717) is 0 Å². The van der Waals surface area contributed by atoms with Crippen molar-refractivity contribution in [3.63, 3.8) is 0 Å². The van der Waals surface area contributed by atoms with Gasteiger partial charge in [0, 0.05) is 12.0 Å². The van der Waals surface area contributed by atoms with Crippen LogP contribution in [0.4, 0.5) is 0 Å². The van der Waals surface area contributed by atoms with Gasteiger partial charge >= 0.3 is 0 Å². The summed E-state index contributed by atoms with van der Waals surface area (Å²) in [6.45, 7) is 7.95. The number of ether oxygens (including phenoxy) is 1. The number of fused-ring (bicyclic) bond motifs is 1. The Morgan fingerprint density at radius 3 is 2.67 bits per heavy atom. The molecule has 2 heteroatoms. The molecule has 1 heterocycles. The average Bonchev–Trinajstić information content (AvgIpc) is 2.16. The zero-order chi connectivity index (χ0) is 10.9. The summed E-state index contributed by atoms with van der Waals surface area (Å²) in [5.41, 5.74) is 5.27. The molecule has 0 aliphatic carbocycles. The van der Waals surface area contributed by atoms with Gasteiger partial charge in [-0.3, -0.25) is 0 Å². The fraction of sp³-hybridized carbons (Fsp3) is 0.385. The van der Waals surface area contributed by atoms with Gasteiger partial charge in [0.1, 0.15) is 5.75 Å². The summed E-state index contributed by atoms with van der Waals surface area (Å²) >= 11 is 0. The van der Waals surface area contributed by atoms with Crippen molar-refractivity contribution >= 4 is 13.6 Å². The predicted molar refractivity (Wildman–Crippen MR) is 67.9 cm³/mol. The minimum atomic E-state index is -1.13. The van der Waals surface area contributed by atoms with Gasteiger partial charge in [-0.05, 0) is 11.6 Å². The Hall–Kier alpha value is -1.02. The van der Waals surface area contributed by atoms with Crippen LogP contribution in [0, 0.1) is 0 Å². The molecule has 0 atom stereocenters. The van der Waals surface area contributed by atoms with Crippen LogP contribution in [-0.2, 0) is 0 Å². The predicted octanol–water partition coefficient (Wildman–Crippen LogP) is 3.73. The number of hydrogen-bond acceptors (Lipinski definition) is 1. The molecule has 1 aliphatic heterocycles. The van der Waals surface area contributed by atoms with Gasteiger partial charge in [-0.1, -0.05) is 43.5 Å². The fourth-order valence-electron chi connectivity index (χ4n) is 1.94. The van der Waals surface area contributed by atoms with E-state index in [1.807, 2.05) is 6.07 Å². The van der Waals surface area contributed by atoms with Crippen LogP contribution in [0.2, 0.25) is 19.6 Å². The molecule has 0 unspecified atom stereocenters. The van der Waals surface area contributed by atoms with E-state index in [9.17, 15) is 0 Å². The van der Waals surface area contributed by atoms with Gasteiger partial charge in [0.25, 0.3) is 0 Å². The van der Waals surface area contributed by atoms with Crippen molar-refractivity contribution in [3.8, 4) is 5.75 Å². The van der Waals surface area contributed by atoms with Crippen molar-refractivity contribution in [2.45, 2.75) is 26.1 Å². The first-order valence-corrected chi connectivity index (χ1v) is 9.08. The molecular formula is C13H18OSi. The number of rotatable bonds is 1. The lowest BCUT2D eigenvalue weighted by Gasteiger charge is -2.22. The third-order valence-corrected chi connectivity index (χ3v) is 3.68. The largest absolute Gasteiger partial charge is 0.493 e. The summed E-state index contributed by atoms with van der Waals surface area (Å²) < 4.78 is 5.64. The molecule has 0 aromatic heterocycles. The molecule has 0 fully saturated rings. The molecular weight excluding hydrogens is 200 g/mol. The molecule has 0 amide bonds. The fourth-order valence-corrected chi connectivity index (χ4v) is 3.28. The molecule has 0 saturated carbocycles. The van der Waals surface area contributed by atoms with Crippen LogP contribution in [-0.4, -0.2) is 14.7 Å². The molecule has 1 aromatic rings. The van der Waals surface area contributed by atoms with E-state index in [1.54, 1.807) is 0 Å². The lowest BCUT2D eigenvalue weighted by Crippen LogP contribution is -2.18. The lowest BCUT2D eigenvalue weighted by atomic mass is 10.0. The second-order valence-electron chi connectivity index (χ2n) is 5.13. The topological polar surface area (TPSA) is 9.23 Å². The SMILES string of the molecule is C[Si](C)(C)/C=C1\CCOc2ccccc21. The van der Waals surface area contributed by atoms with Crippen molar-refractivity contribution in [2.75, 3.05) is 6.61 Å². The number of hydrogen-bond donors (Lipinski definition) is 0. The molecule has 0 N–H and O–H groups in total. The van der Waals surface area contributed by atoms with Gasteiger partial charge in [0.15, 0.2) is 0 Å². The maximum atomic E-state index is 5.64. The Kier molecular flexibility index (Phi) is 2.70. The zero-order valence-corrected chi connectivity index (χ0v) is 10.7. The summed E-state index contributed by atoms with van der Waals surface area (Å²) in [6.07, 6.45) is 1.06. The number of para-hydroxylation sites is 1. The maximum Gasteiger partial charge on any atom is 0.126 e. The van der Waals surface area contributed by atoms with E-state index in [2.05, 4.69) is 43.5 Å². The van der Waals surface area contributed by atoms with Crippen LogP contribution in [0.25, 0.3) is 5.57 Å². The Labute approximate surface area is 92.8 Å². The molecule has 15 heavy (non-hydrogen) atoms. The highest BCUT2D eigenvalue weighted by atomic mass is 28.3. The van der Waals surface area contributed by atoms with Gasteiger partial charge < -0.3 is 4.74 Å². The lowest BCUT2D eigenvalue weighted by molar-refractivity contribution is 0.316. The van der Waals surface area contributed by atoms with Gasteiger partial charge in [0.05, 0.1) is 14.7 Å². The Morgan fingerprint density at radius 2 is 1.93 bits per heavy atom. The quantitative estimate of drug-likeness (QED) is 0.653. The smallest absolute Gasteiger partial charge is 0.126 e. The van der Waals surface area contributed by atoms with Crippen LogP contribution < -0.4 is 4.74 Å². The molecule has 0 saturated heterocycles. The second-order valence-corrected chi connectivity index (χ2v) is 10.2. The van der Waals surface area contributed by atoms with Crippen LogP contribution in [0.5, 0.6) is 5.75 Å². The van der Waals surface area contributed by atoms with E-state index in [4.69, 9.17) is 4.74 Å².